The molecule has 2 aromatic rings. The Balaban J connectivity index is 2.03. The number of anilines is 1. The van der Waals surface area contributed by atoms with Crippen molar-refractivity contribution in [2.24, 2.45) is 0 Å². The molecule has 1 atom stereocenters. The van der Waals surface area contributed by atoms with Crippen molar-refractivity contribution in [3.05, 3.63) is 63.9 Å². The molecular weight excluding hydrogens is 393 g/mol. The average molecular weight is 408 g/mol. The predicted octanol–water partition coefficient (Wildman–Crippen LogP) is 3.97. The van der Waals surface area contributed by atoms with E-state index in [2.05, 4.69) is 21.2 Å². The molecule has 0 bridgehead atoms. The van der Waals surface area contributed by atoms with Crippen molar-refractivity contribution in [3.8, 4) is 0 Å². The van der Waals surface area contributed by atoms with Gasteiger partial charge in [0.15, 0.2) is 11.9 Å². The fourth-order valence-electron chi connectivity index (χ4n) is 1.99. The molecule has 0 spiro atoms. The number of nitrogens with one attached hydrogen (secondary N) is 1. The molecule has 0 heterocycles. The van der Waals surface area contributed by atoms with Crippen molar-refractivity contribution in [1.29, 1.82) is 0 Å². The zero-order valence-corrected chi connectivity index (χ0v) is 15.1. The number of esters is 1. The molecule has 0 fully saturated rings. The van der Waals surface area contributed by atoms with E-state index in [-0.39, 0.29) is 15.8 Å². The molecule has 0 aliphatic rings. The van der Waals surface area contributed by atoms with E-state index in [0.29, 0.717) is 11.3 Å². The van der Waals surface area contributed by atoms with E-state index in [1.54, 1.807) is 18.2 Å². The number of Topliss-reactive ketones (excluding diaryl/α,β-unsaturated/α-hetero) is 1. The molecule has 0 saturated carbocycles. The van der Waals surface area contributed by atoms with E-state index in [0.717, 1.165) is 12.1 Å². The van der Waals surface area contributed by atoms with E-state index in [4.69, 9.17) is 4.74 Å². The summed E-state index contributed by atoms with van der Waals surface area (Å²) >= 11 is 3.08. The first-order valence-electron chi connectivity index (χ1n) is 7.36. The Morgan fingerprint density at radius 2 is 1.88 bits per heavy atom. The molecule has 25 heavy (non-hydrogen) atoms. The maximum Gasteiger partial charge on any atom is 0.340 e. The summed E-state index contributed by atoms with van der Waals surface area (Å²) in [7, 11) is 0. The van der Waals surface area contributed by atoms with Gasteiger partial charge in [-0.25, -0.2) is 9.18 Å². The highest BCUT2D eigenvalue weighted by Crippen LogP contribution is 2.20. The van der Waals surface area contributed by atoms with Crippen LogP contribution in [0, 0.1) is 5.82 Å². The molecule has 1 N–H and O–H groups in total. The van der Waals surface area contributed by atoms with Gasteiger partial charge in [-0.2, -0.15) is 0 Å². The number of amides is 1. The minimum absolute atomic E-state index is 0.111. The first-order chi connectivity index (χ1) is 11.8. The van der Waals surface area contributed by atoms with E-state index in [1.807, 2.05) is 0 Å². The Morgan fingerprint density at radius 3 is 2.52 bits per heavy atom. The van der Waals surface area contributed by atoms with Gasteiger partial charge in [0.1, 0.15) is 5.82 Å². The lowest BCUT2D eigenvalue weighted by molar-refractivity contribution is -0.123. The molecule has 0 saturated heterocycles. The third-order valence-corrected chi connectivity index (χ3v) is 4.00. The maximum atomic E-state index is 13.1. The van der Waals surface area contributed by atoms with Crippen molar-refractivity contribution in [3.63, 3.8) is 0 Å². The van der Waals surface area contributed by atoms with Crippen LogP contribution in [0.3, 0.4) is 0 Å². The Bertz CT molecular complexity index is 838. The van der Waals surface area contributed by atoms with Crippen LogP contribution in [0.15, 0.2) is 46.9 Å². The van der Waals surface area contributed by atoms with Crippen molar-refractivity contribution in [2.45, 2.75) is 20.0 Å². The minimum atomic E-state index is -1.08. The summed E-state index contributed by atoms with van der Waals surface area (Å²) in [5, 5.41) is 2.58. The van der Waals surface area contributed by atoms with Crippen LogP contribution in [-0.2, 0) is 9.53 Å². The van der Waals surface area contributed by atoms with E-state index >= 15 is 0 Å². The molecule has 130 valence electrons. The van der Waals surface area contributed by atoms with Crippen LogP contribution >= 0.6 is 15.9 Å². The van der Waals surface area contributed by atoms with Crippen molar-refractivity contribution < 1.29 is 23.5 Å². The molecule has 7 heteroatoms. The summed E-state index contributed by atoms with van der Waals surface area (Å²) in [5.41, 5.74) is 0.987. The molecule has 0 aliphatic carbocycles. The van der Waals surface area contributed by atoms with Gasteiger partial charge in [0.25, 0.3) is 5.91 Å². The molecule has 2 aromatic carbocycles. The normalized spacial score (nSPS) is 11.5. The summed E-state index contributed by atoms with van der Waals surface area (Å²) in [4.78, 5) is 35.6. The van der Waals surface area contributed by atoms with Gasteiger partial charge in [-0.05, 0) is 60.1 Å². The Morgan fingerprint density at radius 1 is 1.16 bits per heavy atom. The number of benzene rings is 2. The van der Waals surface area contributed by atoms with Crippen LogP contribution in [0.4, 0.5) is 10.1 Å². The molecule has 0 aliphatic heterocycles. The number of ketones is 1. The Kier molecular flexibility index (Phi) is 6.03. The number of carbonyl (C=O) groups is 3. The lowest BCUT2D eigenvalue weighted by Gasteiger charge is -2.14. The first kappa shape index (κ1) is 18.8. The van der Waals surface area contributed by atoms with Gasteiger partial charge in [-0.1, -0.05) is 12.1 Å². The lowest BCUT2D eigenvalue weighted by Crippen LogP contribution is -2.30. The van der Waals surface area contributed by atoms with Gasteiger partial charge >= 0.3 is 5.97 Å². The monoisotopic (exact) mass is 407 g/mol. The highest BCUT2D eigenvalue weighted by molar-refractivity contribution is 9.10. The second-order valence-electron chi connectivity index (χ2n) is 5.30. The van der Waals surface area contributed by atoms with Crippen LogP contribution in [-0.4, -0.2) is 23.8 Å². The summed E-state index contributed by atoms with van der Waals surface area (Å²) < 4.78 is 18.4. The third kappa shape index (κ3) is 4.96. The number of hydrogen-bond acceptors (Lipinski definition) is 4. The Labute approximate surface area is 152 Å². The smallest absolute Gasteiger partial charge is 0.340 e. The van der Waals surface area contributed by atoms with Gasteiger partial charge in [0.05, 0.1) is 5.56 Å². The van der Waals surface area contributed by atoms with Gasteiger partial charge in [-0.3, -0.25) is 9.59 Å². The molecule has 0 aromatic heterocycles. The van der Waals surface area contributed by atoms with E-state index in [1.165, 1.54) is 26.0 Å². The second kappa shape index (κ2) is 8.02. The number of carbonyl (C=O) groups excluding carboxylic acids is 3. The van der Waals surface area contributed by atoms with Gasteiger partial charge < -0.3 is 10.1 Å². The molecule has 0 radical (unpaired) electrons. The van der Waals surface area contributed by atoms with Crippen LogP contribution in [0.25, 0.3) is 0 Å². The SMILES string of the molecule is CC(=O)c1cccc(NC(=O)[C@@H](C)OC(=O)c2ccc(F)cc2Br)c1. The first-order valence-corrected chi connectivity index (χ1v) is 8.15. The standard InChI is InChI=1S/C18H15BrFNO4/c1-10(22)12-4-3-5-14(8-12)21-17(23)11(2)25-18(24)15-7-6-13(20)9-16(15)19/h3-9,11H,1-2H3,(H,21,23)/t11-/m1/s1. The number of rotatable bonds is 5. The molecule has 2 rings (SSSR count). The van der Waals surface area contributed by atoms with E-state index < -0.39 is 23.8 Å². The summed E-state index contributed by atoms with van der Waals surface area (Å²) in [6.45, 7) is 2.84. The predicted molar refractivity (Wildman–Crippen MR) is 94.1 cm³/mol. The number of halogens is 2. The van der Waals surface area contributed by atoms with E-state index in [9.17, 15) is 18.8 Å². The van der Waals surface area contributed by atoms with Crippen molar-refractivity contribution in [2.75, 3.05) is 5.32 Å². The zero-order valence-electron chi connectivity index (χ0n) is 13.5. The summed E-state index contributed by atoms with van der Waals surface area (Å²) in [5.74, 6) is -1.93. The lowest BCUT2D eigenvalue weighted by atomic mass is 10.1. The highest BCUT2D eigenvalue weighted by atomic mass is 79.9. The third-order valence-electron chi connectivity index (χ3n) is 3.34. The minimum Gasteiger partial charge on any atom is -0.449 e. The topological polar surface area (TPSA) is 72.5 Å². The number of ether oxygens (including phenoxy) is 1. The number of hydrogen-bond donors (Lipinski definition) is 1. The second-order valence-corrected chi connectivity index (χ2v) is 6.15. The largest absolute Gasteiger partial charge is 0.449 e. The summed E-state index contributed by atoms with van der Waals surface area (Å²) in [6, 6.07) is 9.95. The van der Waals surface area contributed by atoms with Gasteiger partial charge in [0.2, 0.25) is 0 Å². The molecule has 1 amide bonds. The van der Waals surface area contributed by atoms with Crippen molar-refractivity contribution >= 4 is 39.3 Å². The Hall–Kier alpha value is -2.54. The fraction of sp³-hybridized carbons (Fsp3) is 0.167. The molecular formula is C18H15BrFNO4. The average Bonchev–Trinajstić information content (AvgIpc) is 2.54. The summed E-state index contributed by atoms with van der Waals surface area (Å²) in [6.07, 6.45) is -1.08. The molecule has 5 nitrogen and oxygen atoms in total. The fourth-order valence-corrected chi connectivity index (χ4v) is 2.51. The maximum absolute atomic E-state index is 13.1. The molecule has 0 unspecified atom stereocenters. The van der Waals surface area contributed by atoms with Crippen LogP contribution in [0.5, 0.6) is 0 Å². The van der Waals surface area contributed by atoms with Crippen LogP contribution in [0.2, 0.25) is 0 Å². The zero-order chi connectivity index (χ0) is 18.6. The quantitative estimate of drug-likeness (QED) is 0.600. The van der Waals surface area contributed by atoms with Gasteiger partial charge in [0, 0.05) is 15.7 Å². The van der Waals surface area contributed by atoms with Crippen LogP contribution < -0.4 is 5.32 Å². The van der Waals surface area contributed by atoms with Gasteiger partial charge in [-0.15, -0.1) is 0 Å². The highest BCUT2D eigenvalue weighted by Gasteiger charge is 2.21. The van der Waals surface area contributed by atoms with Crippen LogP contribution in [0.1, 0.15) is 34.6 Å². The van der Waals surface area contributed by atoms with Crippen molar-refractivity contribution in [1.82, 2.24) is 0 Å².